The highest BCUT2D eigenvalue weighted by Crippen LogP contribution is 2.13. The lowest BCUT2D eigenvalue weighted by molar-refractivity contribution is -0.918. The van der Waals surface area contributed by atoms with Crippen molar-refractivity contribution in [2.24, 2.45) is 5.10 Å². The van der Waals surface area contributed by atoms with Gasteiger partial charge in [-0.3, -0.25) is 5.01 Å². The number of nitrogens with zero attached hydrogens (tertiary/aromatic N) is 2. The standard InChI is InChI=1S/C25H27N3O/c1-3-7-23(8-4-1)20-27-15-17-28(18-16-27)26-19-22-11-13-25(14-12-22)29-21-24-9-5-2-6-10-24/h1-14,19H,15-18,20-21H2/p+1/b26-19+. The quantitative estimate of drug-likeness (QED) is 0.633. The van der Waals surface area contributed by atoms with Gasteiger partial charge in [-0.25, -0.2) is 0 Å². The molecular weight excluding hydrogens is 358 g/mol. The van der Waals surface area contributed by atoms with Gasteiger partial charge in [0.15, 0.2) is 0 Å². The topological polar surface area (TPSA) is 29.3 Å². The van der Waals surface area contributed by atoms with Crippen LogP contribution in [0.5, 0.6) is 5.75 Å². The second-order valence-electron chi connectivity index (χ2n) is 7.45. The summed E-state index contributed by atoms with van der Waals surface area (Å²) in [6, 6.07) is 29.1. The number of nitrogens with one attached hydrogen (secondary N) is 1. The molecular formula is C25H28N3O+. The van der Waals surface area contributed by atoms with Gasteiger partial charge in [0.1, 0.15) is 18.9 Å². The largest absolute Gasteiger partial charge is 0.489 e. The molecule has 1 aliphatic heterocycles. The number of hydrazone groups is 1. The first-order valence-corrected chi connectivity index (χ1v) is 10.3. The van der Waals surface area contributed by atoms with Crippen molar-refractivity contribution in [3.8, 4) is 5.75 Å². The predicted molar refractivity (Wildman–Crippen MR) is 117 cm³/mol. The van der Waals surface area contributed by atoms with Crippen LogP contribution in [0.1, 0.15) is 16.7 Å². The predicted octanol–water partition coefficient (Wildman–Crippen LogP) is 3.00. The molecule has 1 saturated heterocycles. The monoisotopic (exact) mass is 386 g/mol. The molecule has 4 nitrogen and oxygen atoms in total. The molecule has 0 unspecified atom stereocenters. The van der Waals surface area contributed by atoms with E-state index in [4.69, 9.17) is 4.74 Å². The van der Waals surface area contributed by atoms with E-state index in [9.17, 15) is 0 Å². The van der Waals surface area contributed by atoms with Crippen LogP contribution in [0.3, 0.4) is 0 Å². The molecule has 0 atom stereocenters. The number of rotatable bonds is 7. The molecule has 148 valence electrons. The molecule has 1 heterocycles. The number of quaternary nitrogens is 1. The van der Waals surface area contributed by atoms with E-state index in [1.807, 2.05) is 36.5 Å². The lowest BCUT2D eigenvalue weighted by atomic mass is 10.2. The molecule has 0 amide bonds. The van der Waals surface area contributed by atoms with E-state index < -0.39 is 0 Å². The van der Waals surface area contributed by atoms with Crippen molar-refractivity contribution in [3.63, 3.8) is 0 Å². The van der Waals surface area contributed by atoms with Crippen molar-refractivity contribution < 1.29 is 9.64 Å². The van der Waals surface area contributed by atoms with Crippen LogP contribution in [0, 0.1) is 0 Å². The second kappa shape index (κ2) is 9.89. The lowest BCUT2D eigenvalue weighted by Gasteiger charge is -2.30. The van der Waals surface area contributed by atoms with E-state index in [-0.39, 0.29) is 0 Å². The minimum Gasteiger partial charge on any atom is -0.489 e. The minimum absolute atomic E-state index is 0.587. The second-order valence-corrected chi connectivity index (χ2v) is 7.45. The molecule has 0 bridgehead atoms. The average molecular weight is 387 g/mol. The molecule has 4 rings (SSSR count). The Labute approximate surface area is 173 Å². The Morgan fingerprint density at radius 2 is 1.41 bits per heavy atom. The van der Waals surface area contributed by atoms with Crippen molar-refractivity contribution >= 4 is 6.21 Å². The van der Waals surface area contributed by atoms with Crippen molar-refractivity contribution in [1.29, 1.82) is 0 Å². The van der Waals surface area contributed by atoms with E-state index in [0.29, 0.717) is 6.61 Å². The number of piperazine rings is 1. The maximum absolute atomic E-state index is 5.84. The summed E-state index contributed by atoms with van der Waals surface area (Å²) in [6.45, 7) is 5.93. The summed E-state index contributed by atoms with van der Waals surface area (Å²) in [6.07, 6.45) is 1.95. The van der Waals surface area contributed by atoms with Crippen LogP contribution >= 0.6 is 0 Å². The van der Waals surface area contributed by atoms with E-state index in [0.717, 1.165) is 44.0 Å². The summed E-state index contributed by atoms with van der Waals surface area (Å²) >= 11 is 0. The Balaban J connectivity index is 1.22. The summed E-state index contributed by atoms with van der Waals surface area (Å²) in [5.74, 6) is 0.879. The summed E-state index contributed by atoms with van der Waals surface area (Å²) in [5.41, 5.74) is 3.68. The zero-order chi connectivity index (χ0) is 19.7. The number of benzene rings is 3. The number of ether oxygens (including phenoxy) is 1. The zero-order valence-electron chi connectivity index (χ0n) is 16.7. The zero-order valence-corrected chi connectivity index (χ0v) is 16.7. The van der Waals surface area contributed by atoms with Crippen LogP contribution in [-0.4, -0.2) is 37.4 Å². The van der Waals surface area contributed by atoms with Crippen LogP contribution in [0.25, 0.3) is 0 Å². The fraction of sp³-hybridized carbons (Fsp3) is 0.240. The highest BCUT2D eigenvalue weighted by atomic mass is 16.5. The van der Waals surface area contributed by atoms with Gasteiger partial charge in [-0.2, -0.15) is 5.10 Å². The maximum Gasteiger partial charge on any atom is 0.119 e. The third kappa shape index (κ3) is 5.93. The Kier molecular flexibility index (Phi) is 6.56. The Morgan fingerprint density at radius 1 is 0.793 bits per heavy atom. The van der Waals surface area contributed by atoms with Gasteiger partial charge in [-0.1, -0.05) is 60.7 Å². The van der Waals surface area contributed by atoms with Crippen molar-refractivity contribution in [1.82, 2.24) is 5.01 Å². The minimum atomic E-state index is 0.587. The highest BCUT2D eigenvalue weighted by molar-refractivity contribution is 5.79. The van der Waals surface area contributed by atoms with Gasteiger partial charge in [-0.15, -0.1) is 0 Å². The fourth-order valence-electron chi connectivity index (χ4n) is 3.53. The van der Waals surface area contributed by atoms with Crippen LogP contribution in [0.15, 0.2) is 90.0 Å². The van der Waals surface area contributed by atoms with Crippen molar-refractivity contribution in [2.45, 2.75) is 13.2 Å². The van der Waals surface area contributed by atoms with Gasteiger partial charge in [0.25, 0.3) is 0 Å². The normalized spacial score (nSPS) is 15.0. The molecule has 29 heavy (non-hydrogen) atoms. The van der Waals surface area contributed by atoms with Gasteiger partial charge in [-0.05, 0) is 35.4 Å². The maximum atomic E-state index is 5.84. The van der Waals surface area contributed by atoms with Crippen LogP contribution in [0.2, 0.25) is 0 Å². The Morgan fingerprint density at radius 3 is 2.07 bits per heavy atom. The smallest absolute Gasteiger partial charge is 0.119 e. The van der Waals surface area contributed by atoms with Crippen molar-refractivity contribution in [3.05, 3.63) is 102 Å². The van der Waals surface area contributed by atoms with Gasteiger partial charge in [0.2, 0.25) is 0 Å². The third-order valence-electron chi connectivity index (χ3n) is 5.24. The van der Waals surface area contributed by atoms with Gasteiger partial charge < -0.3 is 9.64 Å². The Bertz CT molecular complexity index is 886. The van der Waals surface area contributed by atoms with Crippen LogP contribution in [-0.2, 0) is 13.2 Å². The molecule has 0 aromatic heterocycles. The summed E-state index contributed by atoms with van der Waals surface area (Å²) in [4.78, 5) is 1.63. The lowest BCUT2D eigenvalue weighted by Crippen LogP contribution is -3.13. The van der Waals surface area contributed by atoms with E-state index in [2.05, 4.69) is 64.7 Å². The van der Waals surface area contributed by atoms with E-state index in [1.54, 1.807) is 4.90 Å². The molecule has 0 radical (unpaired) electrons. The molecule has 3 aromatic rings. The van der Waals surface area contributed by atoms with E-state index >= 15 is 0 Å². The summed E-state index contributed by atoms with van der Waals surface area (Å²) in [7, 11) is 0. The SMILES string of the molecule is C(=N\N1CC[NH+](Cc2ccccc2)CC1)/c1ccc(OCc2ccccc2)cc1. The van der Waals surface area contributed by atoms with Gasteiger partial charge in [0.05, 0.1) is 32.4 Å². The molecule has 1 N–H and O–H groups in total. The third-order valence-corrected chi connectivity index (χ3v) is 5.24. The molecule has 0 saturated carbocycles. The first kappa shape index (κ1) is 19.2. The first-order valence-electron chi connectivity index (χ1n) is 10.3. The average Bonchev–Trinajstić information content (AvgIpc) is 2.79. The molecule has 4 heteroatoms. The first-order chi connectivity index (χ1) is 14.3. The van der Waals surface area contributed by atoms with Crippen molar-refractivity contribution in [2.75, 3.05) is 26.2 Å². The molecule has 1 fully saturated rings. The summed E-state index contributed by atoms with van der Waals surface area (Å²) in [5, 5.41) is 6.85. The highest BCUT2D eigenvalue weighted by Gasteiger charge is 2.18. The number of hydrogen-bond donors (Lipinski definition) is 1. The number of hydrogen-bond acceptors (Lipinski definition) is 3. The molecule has 0 aliphatic carbocycles. The molecule has 0 spiro atoms. The fourth-order valence-corrected chi connectivity index (χ4v) is 3.53. The molecule has 3 aromatic carbocycles. The molecule has 1 aliphatic rings. The Hall–Kier alpha value is -3.11. The van der Waals surface area contributed by atoms with E-state index in [1.165, 1.54) is 11.1 Å². The van der Waals surface area contributed by atoms with Crippen LogP contribution < -0.4 is 9.64 Å². The van der Waals surface area contributed by atoms with Gasteiger partial charge in [0, 0.05) is 5.56 Å². The van der Waals surface area contributed by atoms with Gasteiger partial charge >= 0.3 is 0 Å². The van der Waals surface area contributed by atoms with Crippen LogP contribution in [0.4, 0.5) is 0 Å². The summed E-state index contributed by atoms with van der Waals surface area (Å²) < 4.78 is 5.84.